The van der Waals surface area contributed by atoms with Crippen LogP contribution in [0.1, 0.15) is 6.42 Å². The summed E-state index contributed by atoms with van der Waals surface area (Å²) < 4.78 is 5.86. The second-order valence-corrected chi connectivity index (χ2v) is 4.21. The summed E-state index contributed by atoms with van der Waals surface area (Å²) in [6.07, 6.45) is 0.792. The normalized spacial score (nSPS) is 20.2. The third-order valence-electron chi connectivity index (χ3n) is 2.27. The predicted molar refractivity (Wildman–Crippen MR) is 59.5 cm³/mol. The first-order valence-corrected chi connectivity index (χ1v) is 5.56. The highest BCUT2D eigenvalue weighted by atomic mass is 79.9. The smallest absolute Gasteiger partial charge is 0.231 e. The maximum atomic E-state index is 11.7. The molecule has 1 atom stereocenters. The summed E-state index contributed by atoms with van der Waals surface area (Å²) in [6.45, 7) is 1.18. The molecule has 0 aliphatic carbocycles. The van der Waals surface area contributed by atoms with Crippen LogP contribution in [0, 0.1) is 5.92 Å². The molecule has 0 radical (unpaired) electrons. The van der Waals surface area contributed by atoms with Crippen molar-refractivity contribution in [1.82, 2.24) is 4.98 Å². The summed E-state index contributed by atoms with van der Waals surface area (Å²) in [5.74, 6) is 0.519. The van der Waals surface area contributed by atoms with E-state index in [4.69, 9.17) is 4.74 Å². The van der Waals surface area contributed by atoms with Gasteiger partial charge in [-0.25, -0.2) is 4.98 Å². The van der Waals surface area contributed by atoms with E-state index < -0.39 is 0 Å². The van der Waals surface area contributed by atoms with Crippen LogP contribution in [0.25, 0.3) is 0 Å². The molecule has 2 heterocycles. The molecule has 1 unspecified atom stereocenters. The Morgan fingerprint density at radius 3 is 3.13 bits per heavy atom. The molecule has 0 spiro atoms. The molecule has 4 nitrogen and oxygen atoms in total. The molecule has 15 heavy (non-hydrogen) atoms. The van der Waals surface area contributed by atoms with E-state index >= 15 is 0 Å². The first-order chi connectivity index (χ1) is 7.25. The Morgan fingerprint density at radius 2 is 2.47 bits per heavy atom. The SMILES string of the molecule is O=C(Nc1cccc(Br)n1)C1CCOC1. The highest BCUT2D eigenvalue weighted by molar-refractivity contribution is 9.10. The van der Waals surface area contributed by atoms with Gasteiger partial charge in [-0.15, -0.1) is 0 Å². The highest BCUT2D eigenvalue weighted by Gasteiger charge is 2.23. The molecule has 1 aliphatic rings. The molecule has 1 amide bonds. The van der Waals surface area contributed by atoms with Gasteiger partial charge in [0.25, 0.3) is 0 Å². The van der Waals surface area contributed by atoms with Gasteiger partial charge >= 0.3 is 0 Å². The number of aromatic nitrogens is 1. The number of hydrogen-bond acceptors (Lipinski definition) is 3. The number of anilines is 1. The Bertz CT molecular complexity index is 364. The van der Waals surface area contributed by atoms with Crippen molar-refractivity contribution in [1.29, 1.82) is 0 Å². The quantitative estimate of drug-likeness (QED) is 0.835. The molecule has 0 aromatic carbocycles. The molecular weight excluding hydrogens is 260 g/mol. The number of pyridine rings is 1. The second-order valence-electron chi connectivity index (χ2n) is 3.40. The van der Waals surface area contributed by atoms with Gasteiger partial charge in [-0.1, -0.05) is 6.07 Å². The molecule has 1 fully saturated rings. The van der Waals surface area contributed by atoms with Crippen LogP contribution in [0.4, 0.5) is 5.82 Å². The predicted octanol–water partition coefficient (Wildman–Crippen LogP) is 1.82. The van der Waals surface area contributed by atoms with Gasteiger partial charge in [0.2, 0.25) is 5.91 Å². The number of rotatable bonds is 2. The number of nitrogens with zero attached hydrogens (tertiary/aromatic N) is 1. The number of carbonyl (C=O) groups excluding carboxylic acids is 1. The molecular formula is C10H11BrN2O2. The highest BCUT2D eigenvalue weighted by Crippen LogP contribution is 2.16. The van der Waals surface area contributed by atoms with Crippen LogP contribution in [-0.4, -0.2) is 24.1 Å². The molecule has 5 heteroatoms. The Morgan fingerprint density at radius 1 is 1.60 bits per heavy atom. The van der Waals surface area contributed by atoms with Crippen LogP contribution >= 0.6 is 15.9 Å². The summed E-state index contributed by atoms with van der Waals surface area (Å²) in [5.41, 5.74) is 0. The lowest BCUT2D eigenvalue weighted by Gasteiger charge is -2.08. The van der Waals surface area contributed by atoms with Gasteiger partial charge in [0.15, 0.2) is 0 Å². The van der Waals surface area contributed by atoms with E-state index in [1.165, 1.54) is 0 Å². The van der Waals surface area contributed by atoms with Gasteiger partial charge in [-0.2, -0.15) is 0 Å². The first-order valence-electron chi connectivity index (χ1n) is 4.77. The minimum atomic E-state index is -0.0363. The number of amides is 1. The summed E-state index contributed by atoms with van der Waals surface area (Å²) in [4.78, 5) is 15.8. The van der Waals surface area contributed by atoms with Crippen LogP contribution in [-0.2, 0) is 9.53 Å². The zero-order valence-electron chi connectivity index (χ0n) is 8.07. The Balaban J connectivity index is 1.99. The minimum absolute atomic E-state index is 0.0156. The van der Waals surface area contributed by atoms with Crippen molar-refractivity contribution < 1.29 is 9.53 Å². The fraction of sp³-hybridized carbons (Fsp3) is 0.400. The van der Waals surface area contributed by atoms with Gasteiger partial charge in [-0.3, -0.25) is 4.79 Å². The van der Waals surface area contributed by atoms with Gasteiger partial charge in [0.05, 0.1) is 12.5 Å². The van der Waals surface area contributed by atoms with Gasteiger partial charge in [0.1, 0.15) is 10.4 Å². The van der Waals surface area contributed by atoms with Gasteiger partial charge < -0.3 is 10.1 Å². The molecule has 1 aliphatic heterocycles. The van der Waals surface area contributed by atoms with Crippen molar-refractivity contribution in [2.75, 3.05) is 18.5 Å². The molecule has 1 saturated heterocycles. The summed E-state index contributed by atoms with van der Waals surface area (Å²) >= 11 is 3.25. The maximum Gasteiger partial charge on any atom is 0.231 e. The monoisotopic (exact) mass is 270 g/mol. The topological polar surface area (TPSA) is 51.2 Å². The number of ether oxygens (including phenoxy) is 1. The van der Waals surface area contributed by atoms with Crippen molar-refractivity contribution >= 4 is 27.7 Å². The van der Waals surface area contributed by atoms with Crippen molar-refractivity contribution in [3.63, 3.8) is 0 Å². The molecule has 80 valence electrons. The largest absolute Gasteiger partial charge is 0.381 e. The molecule has 0 saturated carbocycles. The lowest BCUT2D eigenvalue weighted by Crippen LogP contribution is -2.23. The Hall–Kier alpha value is -0.940. The Labute approximate surface area is 96.2 Å². The fourth-order valence-electron chi connectivity index (χ4n) is 1.45. The summed E-state index contributed by atoms with van der Waals surface area (Å²) in [5, 5.41) is 2.76. The van der Waals surface area contributed by atoms with Crippen LogP contribution in [0.3, 0.4) is 0 Å². The molecule has 1 aromatic heterocycles. The van der Waals surface area contributed by atoms with Crippen molar-refractivity contribution in [2.24, 2.45) is 5.92 Å². The van der Waals surface area contributed by atoms with Crippen molar-refractivity contribution in [3.8, 4) is 0 Å². The van der Waals surface area contributed by atoms with Gasteiger partial charge in [0, 0.05) is 6.61 Å². The van der Waals surface area contributed by atoms with E-state index in [2.05, 4.69) is 26.2 Å². The van der Waals surface area contributed by atoms with E-state index in [0.29, 0.717) is 23.6 Å². The molecule has 2 rings (SSSR count). The standard InChI is InChI=1S/C10H11BrN2O2/c11-8-2-1-3-9(12-8)13-10(14)7-4-5-15-6-7/h1-3,7H,4-6H2,(H,12,13,14). The molecule has 0 bridgehead atoms. The van der Waals surface area contributed by atoms with Crippen molar-refractivity contribution in [2.45, 2.75) is 6.42 Å². The third kappa shape index (κ3) is 2.76. The van der Waals surface area contributed by atoms with E-state index in [1.807, 2.05) is 12.1 Å². The third-order valence-corrected chi connectivity index (χ3v) is 2.71. The van der Waals surface area contributed by atoms with Crippen LogP contribution < -0.4 is 5.32 Å². The zero-order chi connectivity index (χ0) is 10.7. The van der Waals surface area contributed by atoms with Crippen molar-refractivity contribution in [3.05, 3.63) is 22.8 Å². The number of carbonyl (C=O) groups is 1. The van der Waals surface area contributed by atoms with Crippen LogP contribution in [0.2, 0.25) is 0 Å². The molecule has 1 N–H and O–H groups in total. The molecule has 1 aromatic rings. The minimum Gasteiger partial charge on any atom is -0.381 e. The van der Waals surface area contributed by atoms with E-state index in [-0.39, 0.29) is 11.8 Å². The lowest BCUT2D eigenvalue weighted by molar-refractivity contribution is -0.119. The van der Waals surface area contributed by atoms with E-state index in [1.54, 1.807) is 6.07 Å². The van der Waals surface area contributed by atoms with Gasteiger partial charge in [-0.05, 0) is 34.5 Å². The second kappa shape index (κ2) is 4.72. The first kappa shape index (κ1) is 10.6. The number of nitrogens with one attached hydrogen (secondary N) is 1. The zero-order valence-corrected chi connectivity index (χ0v) is 9.66. The number of hydrogen-bond donors (Lipinski definition) is 1. The summed E-state index contributed by atoms with van der Waals surface area (Å²) in [6, 6.07) is 5.41. The van der Waals surface area contributed by atoms with E-state index in [0.717, 1.165) is 6.42 Å². The van der Waals surface area contributed by atoms with E-state index in [9.17, 15) is 4.79 Å². The summed E-state index contributed by atoms with van der Waals surface area (Å²) in [7, 11) is 0. The lowest BCUT2D eigenvalue weighted by atomic mass is 10.1. The Kier molecular flexibility index (Phi) is 3.33. The fourth-order valence-corrected chi connectivity index (χ4v) is 1.79. The van der Waals surface area contributed by atoms with Crippen LogP contribution in [0.15, 0.2) is 22.8 Å². The maximum absolute atomic E-state index is 11.7. The average Bonchev–Trinajstić information content (AvgIpc) is 2.70. The average molecular weight is 271 g/mol. The van der Waals surface area contributed by atoms with Crippen LogP contribution in [0.5, 0.6) is 0 Å². The number of halogens is 1.